The van der Waals surface area contributed by atoms with E-state index in [2.05, 4.69) is 25.1 Å². The highest BCUT2D eigenvalue weighted by Crippen LogP contribution is 2.42. The van der Waals surface area contributed by atoms with Crippen molar-refractivity contribution in [1.82, 2.24) is 20.2 Å². The summed E-state index contributed by atoms with van der Waals surface area (Å²) in [5, 5.41) is 20.8. The van der Waals surface area contributed by atoms with Crippen LogP contribution in [-0.4, -0.2) is 57.6 Å². The third kappa shape index (κ3) is 3.62. The second-order valence-corrected chi connectivity index (χ2v) is 8.80. The number of β-amino-alcohol motifs (C(OH)–C–C–N with tert-alkyl or cyclic N) is 1. The maximum atomic E-state index is 14.8. The minimum Gasteiger partial charge on any atom is -0.391 e. The molecule has 0 radical (unpaired) electrons. The molecule has 0 saturated carbocycles. The molecule has 0 aromatic carbocycles. The highest BCUT2D eigenvalue weighted by molar-refractivity contribution is 7.15. The van der Waals surface area contributed by atoms with Crippen LogP contribution in [0.15, 0.2) is 6.33 Å². The molecule has 2 aromatic heterocycles. The Morgan fingerprint density at radius 3 is 2.70 bits per heavy atom. The zero-order valence-corrected chi connectivity index (χ0v) is 16.5. The standard InChI is InChI=1S/C18H25FN6OS/c1-3-14-15(19)16(21-11-20-14)25-9-13(26)8-18(10-25)4-6-24(7-5-18)17-23-22-12(2)27-17/h11,13,26H,3-10H2,1-2H3. The lowest BCUT2D eigenvalue weighted by Crippen LogP contribution is -2.54. The molecule has 1 atom stereocenters. The number of nitrogens with zero attached hydrogens (tertiary/aromatic N) is 6. The van der Waals surface area contributed by atoms with Crippen LogP contribution in [0.5, 0.6) is 0 Å². The number of hydrogen-bond acceptors (Lipinski definition) is 8. The first-order chi connectivity index (χ1) is 13.0. The fourth-order valence-electron chi connectivity index (χ4n) is 4.33. The molecular formula is C18H25FN6OS. The maximum Gasteiger partial charge on any atom is 0.208 e. The van der Waals surface area contributed by atoms with Crippen molar-refractivity contribution < 1.29 is 9.50 Å². The van der Waals surface area contributed by atoms with Gasteiger partial charge in [-0.3, -0.25) is 0 Å². The summed E-state index contributed by atoms with van der Waals surface area (Å²) in [7, 11) is 0. The van der Waals surface area contributed by atoms with Gasteiger partial charge in [-0.05, 0) is 38.0 Å². The Bertz CT molecular complexity index is 807. The van der Waals surface area contributed by atoms with Crippen LogP contribution >= 0.6 is 11.3 Å². The summed E-state index contributed by atoms with van der Waals surface area (Å²) in [5.74, 6) is -0.0341. The fraction of sp³-hybridized carbons (Fsp3) is 0.667. The van der Waals surface area contributed by atoms with E-state index in [1.165, 1.54) is 6.33 Å². The molecule has 1 unspecified atom stereocenters. The molecule has 2 saturated heterocycles. The van der Waals surface area contributed by atoms with Crippen LogP contribution in [0.4, 0.5) is 15.3 Å². The van der Waals surface area contributed by atoms with Crippen LogP contribution in [0.3, 0.4) is 0 Å². The number of hydrogen-bond donors (Lipinski definition) is 1. The van der Waals surface area contributed by atoms with Crippen LogP contribution < -0.4 is 9.80 Å². The van der Waals surface area contributed by atoms with Gasteiger partial charge in [0, 0.05) is 26.2 Å². The lowest BCUT2D eigenvalue weighted by molar-refractivity contribution is 0.0592. The number of anilines is 2. The van der Waals surface area contributed by atoms with Crippen LogP contribution in [-0.2, 0) is 6.42 Å². The van der Waals surface area contributed by atoms with Crippen LogP contribution in [0, 0.1) is 18.2 Å². The Morgan fingerprint density at radius 1 is 1.26 bits per heavy atom. The monoisotopic (exact) mass is 392 g/mol. The number of halogens is 1. The van der Waals surface area contributed by atoms with Crippen molar-refractivity contribution in [2.24, 2.45) is 5.41 Å². The number of aryl methyl sites for hydroxylation is 2. The summed E-state index contributed by atoms with van der Waals surface area (Å²) in [4.78, 5) is 12.4. The van der Waals surface area contributed by atoms with Gasteiger partial charge in [0.1, 0.15) is 11.3 Å². The van der Waals surface area contributed by atoms with E-state index in [4.69, 9.17) is 0 Å². The molecule has 7 nitrogen and oxygen atoms in total. The molecule has 146 valence electrons. The van der Waals surface area contributed by atoms with Crippen LogP contribution in [0.25, 0.3) is 0 Å². The highest BCUT2D eigenvalue weighted by atomic mass is 32.1. The third-order valence-electron chi connectivity index (χ3n) is 5.71. The third-order valence-corrected chi connectivity index (χ3v) is 6.61. The van der Waals surface area contributed by atoms with Gasteiger partial charge in [0.2, 0.25) is 5.13 Å². The van der Waals surface area contributed by atoms with E-state index in [0.717, 1.165) is 42.5 Å². The first-order valence-corrected chi connectivity index (χ1v) is 10.3. The Labute approximate surface area is 162 Å². The zero-order valence-electron chi connectivity index (χ0n) is 15.7. The van der Waals surface area contributed by atoms with Gasteiger partial charge in [-0.25, -0.2) is 14.4 Å². The number of aromatic nitrogens is 4. The quantitative estimate of drug-likeness (QED) is 0.858. The van der Waals surface area contributed by atoms with Gasteiger partial charge in [0.05, 0.1) is 11.8 Å². The largest absolute Gasteiger partial charge is 0.391 e. The van der Waals surface area contributed by atoms with Gasteiger partial charge in [-0.2, -0.15) is 0 Å². The van der Waals surface area contributed by atoms with Crippen molar-refractivity contribution in [1.29, 1.82) is 0 Å². The molecule has 2 fully saturated rings. The van der Waals surface area contributed by atoms with Crippen molar-refractivity contribution in [3.63, 3.8) is 0 Å². The van der Waals surface area contributed by atoms with Gasteiger partial charge in [-0.15, -0.1) is 10.2 Å². The van der Waals surface area contributed by atoms with Gasteiger partial charge in [0.25, 0.3) is 0 Å². The minimum absolute atomic E-state index is 0.0301. The molecule has 27 heavy (non-hydrogen) atoms. The second kappa shape index (κ2) is 7.27. The predicted octanol–water partition coefficient (Wildman–Crippen LogP) is 2.20. The van der Waals surface area contributed by atoms with Crippen molar-refractivity contribution in [2.45, 2.75) is 45.6 Å². The zero-order chi connectivity index (χ0) is 19.0. The molecule has 2 aliphatic heterocycles. The van der Waals surface area contributed by atoms with E-state index in [0.29, 0.717) is 31.0 Å². The number of piperidine rings is 2. The molecule has 4 rings (SSSR count). The summed E-state index contributed by atoms with van der Waals surface area (Å²) in [6.07, 6.45) is 4.09. The molecule has 2 aliphatic rings. The lowest BCUT2D eigenvalue weighted by atomic mass is 9.71. The van der Waals surface area contributed by atoms with Crippen LogP contribution in [0.2, 0.25) is 0 Å². The first-order valence-electron chi connectivity index (χ1n) is 9.47. The topological polar surface area (TPSA) is 78.3 Å². The van der Waals surface area contributed by atoms with Crippen molar-refractivity contribution >= 4 is 22.3 Å². The summed E-state index contributed by atoms with van der Waals surface area (Å²) >= 11 is 1.61. The minimum atomic E-state index is -0.478. The Morgan fingerprint density at radius 2 is 2.04 bits per heavy atom. The SMILES string of the molecule is CCc1ncnc(N2CC(O)CC3(CCN(c4nnc(C)s4)CC3)C2)c1F. The highest BCUT2D eigenvalue weighted by Gasteiger charge is 2.43. The van der Waals surface area contributed by atoms with Gasteiger partial charge in [0.15, 0.2) is 11.6 Å². The molecule has 1 spiro atoms. The number of aliphatic hydroxyl groups excluding tert-OH is 1. The maximum absolute atomic E-state index is 14.8. The van der Waals surface area contributed by atoms with E-state index in [1.807, 2.05) is 18.7 Å². The average Bonchev–Trinajstić information content (AvgIpc) is 3.08. The van der Waals surface area contributed by atoms with Gasteiger partial charge < -0.3 is 14.9 Å². The summed E-state index contributed by atoms with van der Waals surface area (Å²) < 4.78 is 14.8. The van der Waals surface area contributed by atoms with E-state index < -0.39 is 6.10 Å². The smallest absolute Gasteiger partial charge is 0.208 e. The summed E-state index contributed by atoms with van der Waals surface area (Å²) in [6, 6.07) is 0. The molecule has 0 aliphatic carbocycles. The molecule has 2 aromatic rings. The fourth-order valence-corrected chi connectivity index (χ4v) is 5.06. The molecule has 0 bridgehead atoms. The van der Waals surface area contributed by atoms with E-state index in [-0.39, 0.29) is 11.2 Å². The number of rotatable bonds is 3. The summed E-state index contributed by atoms with van der Waals surface area (Å²) in [5.41, 5.74) is 0.396. The first kappa shape index (κ1) is 18.5. The lowest BCUT2D eigenvalue weighted by Gasteiger charge is -2.49. The predicted molar refractivity (Wildman–Crippen MR) is 103 cm³/mol. The average molecular weight is 393 g/mol. The van der Waals surface area contributed by atoms with Crippen LogP contribution in [0.1, 0.15) is 36.9 Å². The van der Waals surface area contributed by atoms with E-state index in [9.17, 15) is 9.50 Å². The van der Waals surface area contributed by atoms with Gasteiger partial charge >= 0.3 is 0 Å². The Kier molecular flexibility index (Phi) is 4.98. The molecule has 0 amide bonds. The van der Waals surface area contributed by atoms with Crippen molar-refractivity contribution in [3.8, 4) is 0 Å². The van der Waals surface area contributed by atoms with Crippen molar-refractivity contribution in [2.75, 3.05) is 36.0 Å². The van der Waals surface area contributed by atoms with E-state index >= 15 is 0 Å². The molecule has 4 heterocycles. The van der Waals surface area contributed by atoms with Crippen molar-refractivity contribution in [3.05, 3.63) is 22.8 Å². The molecule has 9 heteroatoms. The van der Waals surface area contributed by atoms with Gasteiger partial charge in [-0.1, -0.05) is 18.3 Å². The Hall–Kier alpha value is -1.87. The number of aliphatic hydroxyl groups is 1. The Balaban J connectivity index is 1.51. The summed E-state index contributed by atoms with van der Waals surface area (Å²) in [6.45, 7) is 6.72. The molecule has 1 N–H and O–H groups in total. The second-order valence-electron chi connectivity index (χ2n) is 7.64. The van der Waals surface area contributed by atoms with E-state index in [1.54, 1.807) is 11.3 Å². The molecular weight excluding hydrogens is 367 g/mol. The normalized spacial score (nSPS) is 22.4.